The number of carbonyl (C=O) groups excluding carboxylic acids is 4. The number of aliphatic hydroxyl groups excluding tert-OH is 3. The number of fused-ring (bicyclic) bond motifs is 5. The first-order chi connectivity index (χ1) is 22.1. The smallest absolute Gasteiger partial charge is 0.326 e. The maximum atomic E-state index is 13.3. The number of rotatable bonds is 5. The monoisotopic (exact) mass is 656 g/mol. The number of aliphatic carboxylic acids is 1. The second-order valence-electron chi connectivity index (χ2n) is 13.5. The lowest BCUT2D eigenvalue weighted by Gasteiger charge is -2.56. The summed E-state index contributed by atoms with van der Waals surface area (Å²) in [6.07, 6.45) is 10.0. The largest absolute Gasteiger partial charge is 0.506 e. The number of allylic oxidation sites excluding steroid dienone is 4. The van der Waals surface area contributed by atoms with Gasteiger partial charge in [0.1, 0.15) is 29.8 Å². The molecule has 1 aromatic rings. The average Bonchev–Trinajstić information content (AvgIpc) is 3.59. The number of Topliss-reactive ketones (excluding diaryl/α,β-unsaturated/α-hetero) is 2. The first-order valence-electron chi connectivity index (χ1n) is 15.8. The number of carbonyl (C=O) groups is 5. The Morgan fingerprint density at radius 2 is 1.74 bits per heavy atom. The van der Waals surface area contributed by atoms with Gasteiger partial charge in [0.15, 0.2) is 11.6 Å². The number of carboxylic acid groups (broad SMARTS) is 1. The van der Waals surface area contributed by atoms with Crippen LogP contribution in [0.3, 0.4) is 0 Å². The highest BCUT2D eigenvalue weighted by Crippen LogP contribution is 2.66. The normalized spacial score (nSPS) is 33.6. The number of aliphatic hydroxyl groups is 4. The van der Waals surface area contributed by atoms with Crippen molar-refractivity contribution in [1.29, 1.82) is 0 Å². The number of nitrogens with one attached hydrogen (secondary N) is 1. The molecule has 0 bridgehead atoms. The lowest BCUT2D eigenvalue weighted by atomic mass is 9.46. The second kappa shape index (κ2) is 13.8. The van der Waals surface area contributed by atoms with Gasteiger partial charge in [-0.05, 0) is 63.0 Å². The van der Waals surface area contributed by atoms with Crippen LogP contribution in [0.15, 0.2) is 30.0 Å². The molecule has 3 saturated carbocycles. The molecule has 13 heteroatoms. The standard InChI is InChI=1S/C21H26O5.C8H11NO3.C5H7NO3/c1-19-7-5-13(23)9-12(19)3-4-14-15-6-8-21(26,17(25)11-22)20(15,2)10-16(24)18(14)19;1-5-8(12)7(4-11)6(3-10)2-9-5;7-4-2-1-3(6-4)5(8)9/h5,7,9,14-15,18,22,26H,3-4,6,8,10-11H2,1-2H3;2,10-12H,3-4H2,1H3;3H,1-2H2,(H,6,7)(H,8,9)/t14-,15-,18+,19-,20-,21-;;3-/m0.0/s1. The third-order valence-electron chi connectivity index (χ3n) is 11.1. The molecule has 1 aromatic heterocycles. The molecule has 4 fully saturated rings. The Bertz CT molecular complexity index is 1520. The Labute approximate surface area is 272 Å². The van der Waals surface area contributed by atoms with Gasteiger partial charge in [-0.1, -0.05) is 25.5 Å². The predicted octanol–water partition coefficient (Wildman–Crippen LogP) is 1.20. The minimum absolute atomic E-state index is 0.0206. The van der Waals surface area contributed by atoms with Crippen LogP contribution in [0.4, 0.5) is 0 Å². The summed E-state index contributed by atoms with van der Waals surface area (Å²) in [6.45, 7) is 4.31. The minimum Gasteiger partial charge on any atom is -0.506 e. The predicted molar refractivity (Wildman–Crippen MR) is 165 cm³/mol. The summed E-state index contributed by atoms with van der Waals surface area (Å²) in [5, 5.41) is 58.1. The van der Waals surface area contributed by atoms with Crippen LogP contribution in [0.2, 0.25) is 0 Å². The lowest BCUT2D eigenvalue weighted by molar-refractivity contribution is -0.168. The fourth-order valence-electron chi connectivity index (χ4n) is 8.42. The molecular weight excluding hydrogens is 612 g/mol. The lowest BCUT2D eigenvalue weighted by Crippen LogP contribution is -2.60. The molecule has 0 spiro atoms. The molecule has 13 nitrogen and oxygen atoms in total. The summed E-state index contributed by atoms with van der Waals surface area (Å²) in [4.78, 5) is 61.7. The molecule has 47 heavy (non-hydrogen) atoms. The Kier molecular flexibility index (Phi) is 10.6. The average molecular weight is 657 g/mol. The number of ketones is 3. The molecule has 1 amide bonds. The number of hydrogen-bond donors (Lipinski definition) is 7. The van der Waals surface area contributed by atoms with Gasteiger partial charge in [-0.2, -0.15) is 0 Å². The molecule has 0 unspecified atom stereocenters. The van der Waals surface area contributed by atoms with Crippen molar-refractivity contribution in [3.05, 3.63) is 46.8 Å². The van der Waals surface area contributed by atoms with Crippen LogP contribution in [0, 0.1) is 35.5 Å². The van der Waals surface area contributed by atoms with Gasteiger partial charge in [-0.3, -0.25) is 24.2 Å². The van der Waals surface area contributed by atoms with Crippen molar-refractivity contribution in [2.75, 3.05) is 6.61 Å². The Morgan fingerprint density at radius 1 is 1.04 bits per heavy atom. The number of pyridine rings is 1. The van der Waals surface area contributed by atoms with Crippen molar-refractivity contribution in [2.24, 2.45) is 28.6 Å². The van der Waals surface area contributed by atoms with E-state index < -0.39 is 40.8 Å². The van der Waals surface area contributed by atoms with Crippen molar-refractivity contribution in [3.63, 3.8) is 0 Å². The fourth-order valence-corrected chi connectivity index (χ4v) is 8.42. The second-order valence-corrected chi connectivity index (χ2v) is 13.5. The molecule has 1 saturated heterocycles. The van der Waals surface area contributed by atoms with Crippen LogP contribution >= 0.6 is 0 Å². The Hall–Kier alpha value is -3.78. The fraction of sp³-hybridized carbons (Fsp3) is 0.588. The molecule has 1 aliphatic heterocycles. The third-order valence-corrected chi connectivity index (χ3v) is 11.1. The summed E-state index contributed by atoms with van der Waals surface area (Å²) in [5.41, 5.74) is -0.597. The van der Waals surface area contributed by atoms with Crippen molar-refractivity contribution < 1.29 is 54.6 Å². The van der Waals surface area contributed by atoms with E-state index in [1.165, 1.54) is 6.20 Å². The SMILES string of the molecule is C[C@]12C=CC(=O)C=C1CC[C@@H]1[C@@H]2C(=O)C[C@@]2(C)[C@H]1CC[C@]2(O)C(=O)CO.Cc1ncc(CO)c(CO)c1O.O=C1CC[C@@H](C(=O)O)N1. The van der Waals surface area contributed by atoms with Crippen LogP contribution in [0.25, 0.3) is 0 Å². The van der Waals surface area contributed by atoms with Crippen LogP contribution in [-0.4, -0.2) is 83.1 Å². The first kappa shape index (κ1) is 36.1. The van der Waals surface area contributed by atoms with Crippen LogP contribution in [0.5, 0.6) is 5.75 Å². The zero-order valence-corrected chi connectivity index (χ0v) is 26.9. The number of aromatic nitrogens is 1. The molecular formula is C34H44N2O11. The minimum atomic E-state index is -1.62. The molecule has 256 valence electrons. The topological polar surface area (TPSA) is 232 Å². The van der Waals surface area contributed by atoms with Gasteiger partial charge in [0.25, 0.3) is 0 Å². The molecule has 0 radical (unpaired) electrons. The number of amides is 1. The Balaban J connectivity index is 0.000000196. The number of nitrogens with zero attached hydrogens (tertiary/aromatic N) is 1. The van der Waals surface area contributed by atoms with Gasteiger partial charge < -0.3 is 36.0 Å². The quantitative estimate of drug-likeness (QED) is 0.237. The van der Waals surface area contributed by atoms with E-state index >= 15 is 0 Å². The van der Waals surface area contributed by atoms with Crippen molar-refractivity contribution in [3.8, 4) is 5.75 Å². The van der Waals surface area contributed by atoms with Crippen molar-refractivity contribution in [2.45, 2.75) is 90.6 Å². The van der Waals surface area contributed by atoms with Crippen LogP contribution in [-0.2, 0) is 37.2 Å². The van der Waals surface area contributed by atoms with Gasteiger partial charge in [0, 0.05) is 46.9 Å². The summed E-state index contributed by atoms with van der Waals surface area (Å²) < 4.78 is 0. The summed E-state index contributed by atoms with van der Waals surface area (Å²) in [6, 6.07) is -0.641. The van der Waals surface area contributed by atoms with Crippen LogP contribution < -0.4 is 5.32 Å². The van der Waals surface area contributed by atoms with Crippen molar-refractivity contribution >= 4 is 29.2 Å². The zero-order chi connectivity index (χ0) is 34.9. The molecule has 4 aliphatic carbocycles. The number of aryl methyl sites for hydroxylation is 1. The van der Waals surface area contributed by atoms with Crippen LogP contribution in [0.1, 0.15) is 75.6 Å². The molecule has 7 N–H and O–H groups in total. The van der Waals surface area contributed by atoms with E-state index in [1.807, 2.05) is 19.9 Å². The van der Waals surface area contributed by atoms with E-state index in [2.05, 4.69) is 10.3 Å². The summed E-state index contributed by atoms with van der Waals surface area (Å²) in [7, 11) is 0. The molecule has 5 aliphatic rings. The summed E-state index contributed by atoms with van der Waals surface area (Å²) >= 11 is 0. The van der Waals surface area contributed by atoms with Gasteiger partial charge in [-0.25, -0.2) is 4.79 Å². The first-order valence-corrected chi connectivity index (χ1v) is 15.8. The maximum absolute atomic E-state index is 13.3. The van der Waals surface area contributed by atoms with Gasteiger partial charge in [-0.15, -0.1) is 0 Å². The van der Waals surface area contributed by atoms with Gasteiger partial charge in [0.2, 0.25) is 5.91 Å². The molecule has 0 aromatic carbocycles. The highest BCUT2D eigenvalue weighted by Gasteiger charge is 2.68. The van der Waals surface area contributed by atoms with Gasteiger partial charge in [0.05, 0.1) is 18.9 Å². The van der Waals surface area contributed by atoms with E-state index in [0.717, 1.165) is 18.4 Å². The summed E-state index contributed by atoms with van der Waals surface area (Å²) in [5.74, 6) is -1.74. The number of aromatic hydroxyl groups is 1. The molecule has 2 heterocycles. The highest BCUT2D eigenvalue weighted by molar-refractivity contribution is 6.02. The van der Waals surface area contributed by atoms with Crippen molar-refractivity contribution in [1.82, 2.24) is 10.3 Å². The third kappa shape index (κ3) is 6.41. The Morgan fingerprint density at radius 3 is 2.30 bits per heavy atom. The van der Waals surface area contributed by atoms with E-state index in [-0.39, 0.29) is 60.6 Å². The van der Waals surface area contributed by atoms with E-state index in [9.17, 15) is 39.3 Å². The molecule has 7 atom stereocenters. The van der Waals surface area contributed by atoms with E-state index in [4.69, 9.17) is 15.3 Å². The van der Waals surface area contributed by atoms with Gasteiger partial charge >= 0.3 is 5.97 Å². The zero-order valence-electron chi connectivity index (χ0n) is 26.9. The van der Waals surface area contributed by atoms with E-state index in [0.29, 0.717) is 42.5 Å². The molecule has 6 rings (SSSR count). The van der Waals surface area contributed by atoms with E-state index in [1.54, 1.807) is 19.1 Å². The maximum Gasteiger partial charge on any atom is 0.326 e. The number of carboxylic acids is 1. The number of hydrogen-bond acceptors (Lipinski definition) is 11. The highest BCUT2D eigenvalue weighted by atomic mass is 16.4.